The molecule has 0 atom stereocenters. The van der Waals surface area contributed by atoms with Gasteiger partial charge in [-0.05, 0) is 55.5 Å². The van der Waals surface area contributed by atoms with E-state index < -0.39 is 0 Å². The number of amides is 3. The Bertz CT molecular complexity index is 816. The zero-order valence-electron chi connectivity index (χ0n) is 16.2. The molecule has 3 rings (SSSR count). The van der Waals surface area contributed by atoms with Crippen molar-refractivity contribution in [2.45, 2.75) is 25.7 Å². The Labute approximate surface area is 165 Å². The van der Waals surface area contributed by atoms with Gasteiger partial charge in [-0.2, -0.15) is 0 Å². The summed E-state index contributed by atoms with van der Waals surface area (Å²) in [5, 5.41) is 5.65. The fraction of sp³-hybridized carbons (Fsp3) is 0.364. The van der Waals surface area contributed by atoms with Crippen molar-refractivity contribution in [3.05, 3.63) is 59.7 Å². The van der Waals surface area contributed by atoms with E-state index in [4.69, 9.17) is 4.74 Å². The standard InChI is InChI=1S/C22H27N3O3/c1-28-20-11-4-3-8-17(20)12-13-23-22(27)24-19-10-7-9-18(16-19)21(26)25-14-5-2-6-15-25/h3-4,7-11,16H,2,5-6,12-15H2,1H3,(H2,23,24,27). The van der Waals surface area contributed by atoms with Gasteiger partial charge in [0.05, 0.1) is 7.11 Å². The van der Waals surface area contributed by atoms with Gasteiger partial charge in [0, 0.05) is 30.9 Å². The van der Waals surface area contributed by atoms with Gasteiger partial charge in [-0.3, -0.25) is 4.79 Å². The number of methoxy groups -OCH3 is 1. The average Bonchev–Trinajstić information content (AvgIpc) is 2.74. The Morgan fingerprint density at radius 2 is 1.82 bits per heavy atom. The zero-order chi connectivity index (χ0) is 19.8. The van der Waals surface area contributed by atoms with Gasteiger partial charge in [0.2, 0.25) is 0 Å². The largest absolute Gasteiger partial charge is 0.496 e. The van der Waals surface area contributed by atoms with Crippen molar-refractivity contribution in [2.75, 3.05) is 32.1 Å². The predicted molar refractivity (Wildman–Crippen MR) is 110 cm³/mol. The molecule has 1 fully saturated rings. The zero-order valence-corrected chi connectivity index (χ0v) is 16.2. The SMILES string of the molecule is COc1ccccc1CCNC(=O)Nc1cccc(C(=O)N2CCCCC2)c1. The van der Waals surface area contributed by atoms with E-state index in [1.165, 1.54) is 6.42 Å². The van der Waals surface area contributed by atoms with Gasteiger partial charge in [0.25, 0.3) is 5.91 Å². The summed E-state index contributed by atoms with van der Waals surface area (Å²) >= 11 is 0. The molecule has 0 unspecified atom stereocenters. The van der Waals surface area contributed by atoms with Crippen LogP contribution in [0, 0.1) is 0 Å². The van der Waals surface area contributed by atoms with Crippen molar-refractivity contribution in [2.24, 2.45) is 0 Å². The number of anilines is 1. The van der Waals surface area contributed by atoms with Crippen LogP contribution >= 0.6 is 0 Å². The normalized spacial score (nSPS) is 13.7. The quantitative estimate of drug-likeness (QED) is 0.802. The van der Waals surface area contributed by atoms with Crippen molar-refractivity contribution < 1.29 is 14.3 Å². The van der Waals surface area contributed by atoms with Gasteiger partial charge < -0.3 is 20.3 Å². The first kappa shape index (κ1) is 19.7. The minimum Gasteiger partial charge on any atom is -0.496 e. The summed E-state index contributed by atoms with van der Waals surface area (Å²) in [5.74, 6) is 0.841. The summed E-state index contributed by atoms with van der Waals surface area (Å²) in [5.41, 5.74) is 2.26. The van der Waals surface area contributed by atoms with E-state index in [0.717, 1.165) is 37.2 Å². The topological polar surface area (TPSA) is 70.7 Å². The van der Waals surface area contributed by atoms with Crippen LogP contribution < -0.4 is 15.4 Å². The minimum absolute atomic E-state index is 0.0277. The molecular formula is C22H27N3O3. The van der Waals surface area contributed by atoms with Crippen molar-refractivity contribution in [1.82, 2.24) is 10.2 Å². The number of benzene rings is 2. The Hall–Kier alpha value is -3.02. The van der Waals surface area contributed by atoms with Crippen LogP contribution in [-0.2, 0) is 6.42 Å². The molecule has 0 aliphatic carbocycles. The molecule has 2 aromatic carbocycles. The molecule has 3 amide bonds. The third-order valence-corrected chi connectivity index (χ3v) is 4.88. The molecule has 2 N–H and O–H groups in total. The van der Waals surface area contributed by atoms with Crippen LogP contribution in [0.5, 0.6) is 5.75 Å². The first-order valence-corrected chi connectivity index (χ1v) is 9.73. The molecule has 0 bridgehead atoms. The average molecular weight is 381 g/mol. The predicted octanol–water partition coefficient (Wildman–Crippen LogP) is 3.69. The van der Waals surface area contributed by atoms with Gasteiger partial charge >= 0.3 is 6.03 Å². The molecule has 6 nitrogen and oxygen atoms in total. The lowest BCUT2D eigenvalue weighted by atomic mass is 10.1. The molecule has 2 aromatic rings. The third-order valence-electron chi connectivity index (χ3n) is 4.88. The van der Waals surface area contributed by atoms with E-state index in [9.17, 15) is 9.59 Å². The van der Waals surface area contributed by atoms with Crippen LogP contribution in [0.15, 0.2) is 48.5 Å². The molecule has 148 valence electrons. The van der Waals surface area contributed by atoms with Crippen molar-refractivity contribution in [1.29, 1.82) is 0 Å². The van der Waals surface area contributed by atoms with E-state index in [0.29, 0.717) is 24.2 Å². The highest BCUT2D eigenvalue weighted by Crippen LogP contribution is 2.18. The minimum atomic E-state index is -0.294. The van der Waals surface area contributed by atoms with Crippen LogP contribution in [0.4, 0.5) is 10.5 Å². The highest BCUT2D eigenvalue weighted by molar-refractivity contribution is 5.97. The molecule has 1 saturated heterocycles. The molecule has 0 spiro atoms. The number of carbonyl (C=O) groups excluding carboxylic acids is 2. The summed E-state index contributed by atoms with van der Waals surface area (Å²) in [6, 6.07) is 14.6. The number of hydrogen-bond acceptors (Lipinski definition) is 3. The molecular weight excluding hydrogens is 354 g/mol. The van der Waals surface area contributed by atoms with Gasteiger partial charge in [-0.25, -0.2) is 4.79 Å². The molecule has 0 aromatic heterocycles. The second kappa shape index (κ2) is 9.78. The summed E-state index contributed by atoms with van der Waals surface area (Å²) in [4.78, 5) is 26.7. The molecule has 0 radical (unpaired) electrons. The van der Waals surface area contributed by atoms with Crippen LogP contribution in [-0.4, -0.2) is 43.6 Å². The Morgan fingerprint density at radius 1 is 1.04 bits per heavy atom. The monoisotopic (exact) mass is 381 g/mol. The number of carbonyl (C=O) groups is 2. The van der Waals surface area contributed by atoms with Gasteiger partial charge in [0.15, 0.2) is 0 Å². The maximum Gasteiger partial charge on any atom is 0.319 e. The Kier molecular flexibility index (Phi) is 6.89. The van der Waals surface area contributed by atoms with E-state index in [2.05, 4.69) is 10.6 Å². The summed E-state index contributed by atoms with van der Waals surface area (Å²) < 4.78 is 5.32. The second-order valence-electron chi connectivity index (χ2n) is 6.88. The molecule has 1 aliphatic heterocycles. The van der Waals surface area contributed by atoms with Crippen molar-refractivity contribution >= 4 is 17.6 Å². The maximum atomic E-state index is 12.6. The number of urea groups is 1. The summed E-state index contributed by atoms with van der Waals surface area (Å²) in [6.07, 6.45) is 3.96. The number of hydrogen-bond donors (Lipinski definition) is 2. The van der Waals surface area contributed by atoms with Crippen LogP contribution in [0.1, 0.15) is 35.2 Å². The van der Waals surface area contributed by atoms with Crippen LogP contribution in [0.2, 0.25) is 0 Å². The lowest BCUT2D eigenvalue weighted by Crippen LogP contribution is -2.35. The summed E-state index contributed by atoms with van der Waals surface area (Å²) in [6.45, 7) is 2.10. The molecule has 1 aliphatic rings. The number of ether oxygens (including phenoxy) is 1. The first-order valence-electron chi connectivity index (χ1n) is 9.73. The van der Waals surface area contributed by atoms with Crippen molar-refractivity contribution in [3.63, 3.8) is 0 Å². The van der Waals surface area contributed by atoms with Gasteiger partial charge in [-0.15, -0.1) is 0 Å². The first-order chi connectivity index (χ1) is 13.7. The second-order valence-corrected chi connectivity index (χ2v) is 6.88. The number of nitrogens with zero attached hydrogens (tertiary/aromatic N) is 1. The molecule has 6 heteroatoms. The van der Waals surface area contributed by atoms with E-state index in [1.54, 1.807) is 31.4 Å². The number of para-hydroxylation sites is 1. The van der Waals surface area contributed by atoms with Gasteiger partial charge in [0.1, 0.15) is 5.75 Å². The van der Waals surface area contributed by atoms with Crippen LogP contribution in [0.25, 0.3) is 0 Å². The number of likely N-dealkylation sites (tertiary alicyclic amines) is 1. The number of piperidine rings is 1. The highest BCUT2D eigenvalue weighted by atomic mass is 16.5. The lowest BCUT2D eigenvalue weighted by molar-refractivity contribution is 0.0724. The Morgan fingerprint density at radius 3 is 2.61 bits per heavy atom. The van der Waals surface area contributed by atoms with E-state index >= 15 is 0 Å². The van der Waals surface area contributed by atoms with Crippen LogP contribution in [0.3, 0.4) is 0 Å². The molecule has 0 saturated carbocycles. The van der Waals surface area contributed by atoms with E-state index in [-0.39, 0.29) is 11.9 Å². The third kappa shape index (κ3) is 5.25. The van der Waals surface area contributed by atoms with Gasteiger partial charge in [-0.1, -0.05) is 24.3 Å². The molecule has 28 heavy (non-hydrogen) atoms. The van der Waals surface area contributed by atoms with Crippen molar-refractivity contribution in [3.8, 4) is 5.75 Å². The smallest absolute Gasteiger partial charge is 0.319 e. The fourth-order valence-corrected chi connectivity index (χ4v) is 3.41. The fourth-order valence-electron chi connectivity index (χ4n) is 3.41. The maximum absolute atomic E-state index is 12.6. The highest BCUT2D eigenvalue weighted by Gasteiger charge is 2.18. The summed E-state index contributed by atoms with van der Waals surface area (Å²) in [7, 11) is 1.64. The lowest BCUT2D eigenvalue weighted by Gasteiger charge is -2.26. The molecule has 1 heterocycles. The number of nitrogens with one attached hydrogen (secondary N) is 2. The number of rotatable bonds is 6. The Balaban J connectivity index is 1.52. The van der Waals surface area contributed by atoms with E-state index in [1.807, 2.05) is 29.2 Å².